The first-order valence-electron chi connectivity index (χ1n) is 9.02. The molecule has 0 fully saturated rings. The van der Waals surface area contributed by atoms with Crippen LogP contribution in [0.1, 0.15) is 29.9 Å². The molecular weight excluding hydrogens is 340 g/mol. The molecule has 1 aromatic carbocycles. The molecule has 0 saturated carbocycles. The number of guanidine groups is 1. The third-order valence-corrected chi connectivity index (χ3v) is 4.45. The maximum absolute atomic E-state index is 5.49. The summed E-state index contributed by atoms with van der Waals surface area (Å²) >= 11 is 0. The summed E-state index contributed by atoms with van der Waals surface area (Å²) < 4.78 is 7.49. The smallest absolute Gasteiger partial charge is 0.191 e. The topological polar surface area (TPSA) is 75.8 Å². The van der Waals surface area contributed by atoms with Crippen molar-refractivity contribution < 1.29 is 4.74 Å². The number of nitrogens with one attached hydrogen (secondary N) is 2. The van der Waals surface area contributed by atoms with Gasteiger partial charge in [0.2, 0.25) is 0 Å². The second-order valence-electron chi connectivity index (χ2n) is 6.41. The van der Waals surface area contributed by atoms with Crippen LogP contribution in [0.4, 0.5) is 0 Å². The van der Waals surface area contributed by atoms with Crippen LogP contribution < -0.4 is 15.4 Å². The summed E-state index contributed by atoms with van der Waals surface area (Å²) in [5, 5.41) is 15.2. The number of hydrogen-bond acceptors (Lipinski definition) is 4. The van der Waals surface area contributed by atoms with Gasteiger partial charge < -0.3 is 15.4 Å². The summed E-state index contributed by atoms with van der Waals surface area (Å²) in [5.41, 5.74) is 3.15. The molecule has 0 bridgehead atoms. The lowest BCUT2D eigenvalue weighted by Crippen LogP contribution is -2.39. The molecule has 1 unspecified atom stereocenters. The Morgan fingerprint density at radius 3 is 2.89 bits per heavy atom. The molecular formula is C20H26N6O. The lowest BCUT2D eigenvalue weighted by molar-refractivity contribution is 0.405. The van der Waals surface area contributed by atoms with E-state index in [1.54, 1.807) is 14.2 Å². The molecule has 0 amide bonds. The maximum atomic E-state index is 5.49. The number of nitrogens with zero attached hydrogens (tertiary/aromatic N) is 4. The minimum Gasteiger partial charge on any atom is -0.496 e. The Balaban J connectivity index is 1.60. The fourth-order valence-electron chi connectivity index (χ4n) is 3.02. The Hall–Kier alpha value is -3.09. The molecule has 27 heavy (non-hydrogen) atoms. The molecule has 2 aromatic heterocycles. The van der Waals surface area contributed by atoms with E-state index in [-0.39, 0.29) is 6.04 Å². The number of ether oxygens (including phenoxy) is 1. The molecule has 0 saturated heterocycles. The molecule has 0 spiro atoms. The van der Waals surface area contributed by atoms with Crippen LogP contribution in [-0.2, 0) is 6.42 Å². The number of hydrogen-bond donors (Lipinski definition) is 2. The molecule has 7 heteroatoms. The van der Waals surface area contributed by atoms with Gasteiger partial charge in [-0.05, 0) is 32.0 Å². The summed E-state index contributed by atoms with van der Waals surface area (Å²) in [6.07, 6.45) is 2.72. The normalized spacial score (nSPS) is 12.8. The van der Waals surface area contributed by atoms with E-state index in [0.29, 0.717) is 6.54 Å². The van der Waals surface area contributed by atoms with Crippen molar-refractivity contribution in [3.05, 3.63) is 59.5 Å². The van der Waals surface area contributed by atoms with Crippen molar-refractivity contribution in [3.8, 4) is 5.75 Å². The maximum Gasteiger partial charge on any atom is 0.191 e. The Morgan fingerprint density at radius 2 is 2.11 bits per heavy atom. The van der Waals surface area contributed by atoms with Crippen LogP contribution in [0.25, 0.3) is 5.65 Å². The first-order valence-corrected chi connectivity index (χ1v) is 9.02. The SMILES string of the molecule is CN=C(NCCc1nnc2ccccn12)NC(C)c1cc(C)ccc1OC. The lowest BCUT2D eigenvalue weighted by atomic mass is 10.0. The summed E-state index contributed by atoms with van der Waals surface area (Å²) in [5.74, 6) is 2.52. The summed E-state index contributed by atoms with van der Waals surface area (Å²) in [6.45, 7) is 4.87. The average molecular weight is 366 g/mol. The molecule has 0 aliphatic carbocycles. The zero-order valence-electron chi connectivity index (χ0n) is 16.2. The summed E-state index contributed by atoms with van der Waals surface area (Å²) in [7, 11) is 3.46. The Morgan fingerprint density at radius 1 is 1.26 bits per heavy atom. The van der Waals surface area contributed by atoms with E-state index >= 15 is 0 Å². The monoisotopic (exact) mass is 366 g/mol. The number of benzene rings is 1. The van der Waals surface area contributed by atoms with Gasteiger partial charge in [0.05, 0.1) is 13.2 Å². The minimum absolute atomic E-state index is 0.0555. The van der Waals surface area contributed by atoms with Crippen molar-refractivity contribution in [2.45, 2.75) is 26.3 Å². The molecule has 3 aromatic rings. The second kappa shape index (κ2) is 8.53. The highest BCUT2D eigenvalue weighted by Crippen LogP contribution is 2.25. The quantitative estimate of drug-likeness (QED) is 0.518. The largest absolute Gasteiger partial charge is 0.496 e. The molecule has 0 radical (unpaired) electrons. The van der Waals surface area contributed by atoms with Crippen LogP contribution in [0.3, 0.4) is 0 Å². The molecule has 3 rings (SSSR count). The van der Waals surface area contributed by atoms with Gasteiger partial charge in [-0.1, -0.05) is 23.8 Å². The van der Waals surface area contributed by atoms with Crippen molar-refractivity contribution in [1.82, 2.24) is 25.2 Å². The zero-order chi connectivity index (χ0) is 19.2. The van der Waals surface area contributed by atoms with Crippen LogP contribution in [0.15, 0.2) is 47.6 Å². The van der Waals surface area contributed by atoms with E-state index in [1.807, 2.05) is 40.9 Å². The van der Waals surface area contributed by atoms with Gasteiger partial charge in [-0.2, -0.15) is 0 Å². The average Bonchev–Trinajstić information content (AvgIpc) is 3.10. The van der Waals surface area contributed by atoms with Crippen molar-refractivity contribution in [2.75, 3.05) is 20.7 Å². The van der Waals surface area contributed by atoms with Gasteiger partial charge in [0.25, 0.3) is 0 Å². The van der Waals surface area contributed by atoms with E-state index in [0.717, 1.165) is 35.2 Å². The highest BCUT2D eigenvalue weighted by atomic mass is 16.5. The van der Waals surface area contributed by atoms with E-state index < -0.39 is 0 Å². The van der Waals surface area contributed by atoms with Gasteiger partial charge in [-0.25, -0.2) is 0 Å². The Bertz CT molecular complexity index is 933. The van der Waals surface area contributed by atoms with E-state index in [9.17, 15) is 0 Å². The van der Waals surface area contributed by atoms with Gasteiger partial charge in [0.1, 0.15) is 11.6 Å². The fourth-order valence-corrected chi connectivity index (χ4v) is 3.02. The highest BCUT2D eigenvalue weighted by Gasteiger charge is 2.13. The van der Waals surface area contributed by atoms with Gasteiger partial charge in [-0.3, -0.25) is 9.39 Å². The first-order chi connectivity index (χ1) is 13.1. The predicted octanol–water partition coefficient (Wildman–Crippen LogP) is 2.52. The zero-order valence-corrected chi connectivity index (χ0v) is 16.2. The van der Waals surface area contributed by atoms with Crippen LogP contribution in [0.5, 0.6) is 5.75 Å². The molecule has 1 atom stereocenters. The van der Waals surface area contributed by atoms with Crippen molar-refractivity contribution in [1.29, 1.82) is 0 Å². The summed E-state index contributed by atoms with van der Waals surface area (Å²) in [6, 6.07) is 12.1. The van der Waals surface area contributed by atoms with Crippen LogP contribution in [-0.4, -0.2) is 41.3 Å². The molecule has 2 N–H and O–H groups in total. The number of pyridine rings is 1. The van der Waals surface area contributed by atoms with E-state index in [2.05, 4.69) is 45.7 Å². The van der Waals surface area contributed by atoms with Crippen molar-refractivity contribution >= 4 is 11.6 Å². The van der Waals surface area contributed by atoms with Gasteiger partial charge in [0, 0.05) is 31.8 Å². The summed E-state index contributed by atoms with van der Waals surface area (Å²) in [4.78, 5) is 4.32. The van der Waals surface area contributed by atoms with Crippen LogP contribution in [0.2, 0.25) is 0 Å². The van der Waals surface area contributed by atoms with Crippen molar-refractivity contribution in [2.24, 2.45) is 4.99 Å². The fraction of sp³-hybridized carbons (Fsp3) is 0.350. The Kier molecular flexibility index (Phi) is 5.90. The van der Waals surface area contributed by atoms with Crippen LogP contribution in [0, 0.1) is 6.92 Å². The van der Waals surface area contributed by atoms with Gasteiger partial charge in [-0.15, -0.1) is 10.2 Å². The third-order valence-electron chi connectivity index (χ3n) is 4.45. The number of aryl methyl sites for hydroxylation is 1. The van der Waals surface area contributed by atoms with E-state index in [4.69, 9.17) is 4.74 Å². The number of aliphatic imine (C=N–C) groups is 1. The highest BCUT2D eigenvalue weighted by molar-refractivity contribution is 5.80. The van der Waals surface area contributed by atoms with Crippen molar-refractivity contribution in [3.63, 3.8) is 0 Å². The third kappa shape index (κ3) is 4.36. The van der Waals surface area contributed by atoms with Gasteiger partial charge >= 0.3 is 0 Å². The molecule has 0 aliphatic rings. The molecule has 142 valence electrons. The minimum atomic E-state index is 0.0555. The van der Waals surface area contributed by atoms with E-state index in [1.165, 1.54) is 5.56 Å². The molecule has 7 nitrogen and oxygen atoms in total. The predicted molar refractivity (Wildman–Crippen MR) is 107 cm³/mol. The number of rotatable bonds is 6. The Labute approximate surface area is 159 Å². The second-order valence-corrected chi connectivity index (χ2v) is 6.41. The number of fused-ring (bicyclic) bond motifs is 1. The number of methoxy groups -OCH3 is 1. The molecule has 2 heterocycles. The lowest BCUT2D eigenvalue weighted by Gasteiger charge is -2.20. The van der Waals surface area contributed by atoms with Crippen LogP contribution >= 0.6 is 0 Å². The first kappa shape index (κ1) is 18.7. The standard InChI is InChI=1S/C20H26N6O/c1-14-8-9-17(27-4)16(13-14)15(2)23-20(21-3)22-11-10-19-25-24-18-7-5-6-12-26(18)19/h5-9,12-13,15H,10-11H2,1-4H3,(H2,21,22,23). The van der Waals surface area contributed by atoms with Gasteiger partial charge in [0.15, 0.2) is 11.6 Å². The number of aromatic nitrogens is 3. The molecule has 0 aliphatic heterocycles.